The number of hydrogen-bond acceptors (Lipinski definition) is 3. The maximum atomic E-state index is 11.6. The van der Waals surface area contributed by atoms with E-state index in [2.05, 4.69) is 19.2 Å². The fourth-order valence-corrected chi connectivity index (χ4v) is 3.61. The Hall–Kier alpha value is -1.16. The van der Waals surface area contributed by atoms with Crippen LogP contribution in [0.25, 0.3) is 0 Å². The quantitative estimate of drug-likeness (QED) is 0.803. The van der Waals surface area contributed by atoms with Gasteiger partial charge in [-0.15, -0.1) is 11.8 Å². The van der Waals surface area contributed by atoms with Crippen LogP contribution >= 0.6 is 11.8 Å². The first-order valence-electron chi connectivity index (χ1n) is 7.12. The van der Waals surface area contributed by atoms with Gasteiger partial charge in [-0.1, -0.05) is 32.8 Å². The average molecular weight is 293 g/mol. The zero-order chi connectivity index (χ0) is 14.8. The van der Waals surface area contributed by atoms with E-state index < -0.39 is 5.97 Å². The van der Waals surface area contributed by atoms with E-state index in [4.69, 9.17) is 0 Å². The highest BCUT2D eigenvalue weighted by Gasteiger charge is 2.32. The molecule has 0 heterocycles. The summed E-state index contributed by atoms with van der Waals surface area (Å²) in [6, 6.07) is 6.02. The number of carbonyl (C=O) groups is 1. The minimum Gasteiger partial charge on any atom is -0.478 e. The van der Waals surface area contributed by atoms with Crippen LogP contribution < -0.4 is 5.32 Å². The van der Waals surface area contributed by atoms with Crippen LogP contribution in [0, 0.1) is 5.41 Å². The van der Waals surface area contributed by atoms with Crippen LogP contribution in [0.2, 0.25) is 0 Å². The van der Waals surface area contributed by atoms with Crippen molar-refractivity contribution in [1.29, 1.82) is 0 Å². The van der Waals surface area contributed by atoms with E-state index in [-0.39, 0.29) is 5.41 Å². The lowest BCUT2D eigenvalue weighted by molar-refractivity contribution is 0.0694. The molecule has 0 spiro atoms. The zero-order valence-electron chi connectivity index (χ0n) is 12.4. The minimum atomic E-state index is -0.855. The number of rotatable bonds is 4. The normalized spacial score (nSPS) is 21.4. The number of thioether (sulfide) groups is 1. The summed E-state index contributed by atoms with van der Waals surface area (Å²) in [6.45, 7) is 4.53. The third kappa shape index (κ3) is 3.11. The van der Waals surface area contributed by atoms with Crippen LogP contribution in [-0.4, -0.2) is 23.4 Å². The SMILES string of the molecule is CSc1cccc(NC2CCCCC2(C)C)c1C(=O)O. The number of carboxylic acids is 1. The third-order valence-electron chi connectivity index (χ3n) is 4.30. The molecule has 0 amide bonds. The van der Waals surface area contributed by atoms with E-state index in [1.807, 2.05) is 24.5 Å². The Morgan fingerprint density at radius 3 is 2.75 bits per heavy atom. The Balaban J connectivity index is 2.31. The van der Waals surface area contributed by atoms with Gasteiger partial charge in [0.1, 0.15) is 0 Å². The van der Waals surface area contributed by atoms with Crippen LogP contribution in [0.15, 0.2) is 23.1 Å². The molecule has 20 heavy (non-hydrogen) atoms. The van der Waals surface area contributed by atoms with Gasteiger partial charge in [0, 0.05) is 10.9 Å². The van der Waals surface area contributed by atoms with Gasteiger partial charge in [0.15, 0.2) is 0 Å². The van der Waals surface area contributed by atoms with Gasteiger partial charge in [0.25, 0.3) is 0 Å². The number of aromatic carboxylic acids is 1. The molecule has 0 radical (unpaired) electrons. The fourth-order valence-electron chi connectivity index (χ4n) is 2.99. The van der Waals surface area contributed by atoms with E-state index in [0.29, 0.717) is 11.6 Å². The topological polar surface area (TPSA) is 49.3 Å². The molecule has 2 rings (SSSR count). The first kappa shape index (κ1) is 15.2. The predicted molar refractivity (Wildman–Crippen MR) is 84.8 cm³/mol. The molecule has 1 unspecified atom stereocenters. The summed E-state index contributed by atoms with van der Waals surface area (Å²) in [5, 5.41) is 13.0. The summed E-state index contributed by atoms with van der Waals surface area (Å²) < 4.78 is 0. The Kier molecular flexibility index (Phi) is 4.63. The molecule has 1 atom stereocenters. The molecule has 1 aliphatic carbocycles. The first-order valence-corrected chi connectivity index (χ1v) is 8.35. The lowest BCUT2D eigenvalue weighted by Gasteiger charge is -2.40. The molecule has 0 aliphatic heterocycles. The van der Waals surface area contributed by atoms with Crippen LogP contribution in [0.4, 0.5) is 5.69 Å². The predicted octanol–water partition coefficient (Wildman–Crippen LogP) is 4.49. The van der Waals surface area contributed by atoms with Gasteiger partial charge in [0.2, 0.25) is 0 Å². The van der Waals surface area contributed by atoms with Gasteiger partial charge in [-0.25, -0.2) is 4.79 Å². The Bertz CT molecular complexity index is 499. The summed E-state index contributed by atoms with van der Waals surface area (Å²) in [4.78, 5) is 12.4. The van der Waals surface area contributed by atoms with Crippen molar-refractivity contribution < 1.29 is 9.90 Å². The van der Waals surface area contributed by atoms with Crippen molar-refractivity contribution >= 4 is 23.4 Å². The number of anilines is 1. The third-order valence-corrected chi connectivity index (χ3v) is 5.08. The van der Waals surface area contributed by atoms with E-state index in [9.17, 15) is 9.90 Å². The number of hydrogen-bond donors (Lipinski definition) is 2. The summed E-state index contributed by atoms with van der Waals surface area (Å²) in [6.07, 6.45) is 6.69. The maximum Gasteiger partial charge on any atom is 0.338 e. The summed E-state index contributed by atoms with van der Waals surface area (Å²) in [5.41, 5.74) is 1.37. The number of nitrogens with one attached hydrogen (secondary N) is 1. The van der Waals surface area contributed by atoms with Crippen molar-refractivity contribution in [1.82, 2.24) is 0 Å². The largest absolute Gasteiger partial charge is 0.478 e. The van der Waals surface area contributed by atoms with Gasteiger partial charge in [0.05, 0.1) is 11.3 Å². The number of carboxylic acid groups (broad SMARTS) is 1. The van der Waals surface area contributed by atoms with Gasteiger partial charge in [-0.05, 0) is 36.6 Å². The smallest absolute Gasteiger partial charge is 0.338 e. The zero-order valence-corrected chi connectivity index (χ0v) is 13.2. The van der Waals surface area contributed by atoms with Gasteiger partial charge in [-0.3, -0.25) is 0 Å². The lowest BCUT2D eigenvalue weighted by atomic mass is 9.73. The molecule has 1 fully saturated rings. The molecule has 110 valence electrons. The van der Waals surface area contributed by atoms with E-state index in [0.717, 1.165) is 17.0 Å². The monoisotopic (exact) mass is 293 g/mol. The molecule has 1 aromatic rings. The molecule has 1 aliphatic rings. The summed E-state index contributed by atoms with van der Waals surface area (Å²) in [5.74, 6) is -0.855. The molecule has 3 nitrogen and oxygen atoms in total. The molecule has 0 bridgehead atoms. The standard InChI is InChI=1S/C16H23NO2S/c1-16(2)10-5-4-9-13(16)17-11-7-6-8-12(20-3)14(11)15(18)19/h6-8,13,17H,4-5,9-10H2,1-3H3,(H,18,19). The number of benzene rings is 1. The second-order valence-electron chi connectivity index (χ2n) is 6.12. The second-order valence-corrected chi connectivity index (χ2v) is 6.97. The molecular formula is C16H23NO2S. The van der Waals surface area contributed by atoms with E-state index in [1.165, 1.54) is 31.0 Å². The fraction of sp³-hybridized carbons (Fsp3) is 0.562. The van der Waals surface area contributed by atoms with Crippen molar-refractivity contribution in [3.8, 4) is 0 Å². The maximum absolute atomic E-state index is 11.6. The van der Waals surface area contributed by atoms with Crippen LogP contribution in [-0.2, 0) is 0 Å². The Morgan fingerprint density at radius 2 is 2.15 bits per heavy atom. The highest BCUT2D eigenvalue weighted by Crippen LogP contribution is 2.38. The Morgan fingerprint density at radius 1 is 1.40 bits per heavy atom. The lowest BCUT2D eigenvalue weighted by Crippen LogP contribution is -2.39. The van der Waals surface area contributed by atoms with E-state index >= 15 is 0 Å². The molecular weight excluding hydrogens is 270 g/mol. The molecule has 4 heteroatoms. The van der Waals surface area contributed by atoms with Crippen molar-refractivity contribution in [3.63, 3.8) is 0 Å². The van der Waals surface area contributed by atoms with Crippen LogP contribution in [0.3, 0.4) is 0 Å². The van der Waals surface area contributed by atoms with Gasteiger partial charge >= 0.3 is 5.97 Å². The van der Waals surface area contributed by atoms with Gasteiger partial charge < -0.3 is 10.4 Å². The summed E-state index contributed by atoms with van der Waals surface area (Å²) in [7, 11) is 0. The van der Waals surface area contributed by atoms with Gasteiger partial charge in [-0.2, -0.15) is 0 Å². The summed E-state index contributed by atoms with van der Waals surface area (Å²) >= 11 is 1.48. The highest BCUT2D eigenvalue weighted by atomic mass is 32.2. The second kappa shape index (κ2) is 6.08. The molecule has 0 aromatic heterocycles. The highest BCUT2D eigenvalue weighted by molar-refractivity contribution is 7.98. The average Bonchev–Trinajstić information content (AvgIpc) is 2.40. The first-order chi connectivity index (χ1) is 9.45. The van der Waals surface area contributed by atoms with Crippen molar-refractivity contribution in [2.75, 3.05) is 11.6 Å². The van der Waals surface area contributed by atoms with Crippen molar-refractivity contribution in [3.05, 3.63) is 23.8 Å². The molecule has 1 saturated carbocycles. The molecule has 2 N–H and O–H groups in total. The van der Waals surface area contributed by atoms with Crippen molar-refractivity contribution in [2.45, 2.75) is 50.5 Å². The van der Waals surface area contributed by atoms with Crippen LogP contribution in [0.1, 0.15) is 49.9 Å². The van der Waals surface area contributed by atoms with Crippen molar-refractivity contribution in [2.24, 2.45) is 5.41 Å². The molecule has 1 aromatic carbocycles. The molecule has 0 saturated heterocycles. The van der Waals surface area contributed by atoms with E-state index in [1.54, 1.807) is 0 Å². The minimum absolute atomic E-state index is 0.212. The Labute approximate surface area is 125 Å². The van der Waals surface area contributed by atoms with Crippen LogP contribution in [0.5, 0.6) is 0 Å².